The van der Waals surface area contributed by atoms with Gasteiger partial charge in [0, 0.05) is 48.1 Å². The predicted molar refractivity (Wildman–Crippen MR) is 135 cm³/mol. The van der Waals surface area contributed by atoms with E-state index in [1.165, 1.54) is 4.90 Å². The van der Waals surface area contributed by atoms with E-state index in [2.05, 4.69) is 30.8 Å². The van der Waals surface area contributed by atoms with Crippen LogP contribution in [0.15, 0.2) is 10.5 Å². The molecule has 0 radical (unpaired) electrons. The average molecular weight is 652 g/mol. The number of halogens is 4. The van der Waals surface area contributed by atoms with Gasteiger partial charge in [-0.3, -0.25) is 4.90 Å². The molecule has 8 nitrogen and oxygen atoms in total. The number of carbonyl (C=O) groups is 1. The molecular weight excluding hydrogens is 627 g/mol. The van der Waals surface area contributed by atoms with Crippen molar-refractivity contribution in [2.75, 3.05) is 44.7 Å². The Morgan fingerprint density at radius 3 is 2.94 bits per heavy atom. The minimum atomic E-state index is -0.958. The van der Waals surface area contributed by atoms with E-state index in [0.29, 0.717) is 51.7 Å². The van der Waals surface area contributed by atoms with Gasteiger partial charge in [0.25, 0.3) is 0 Å². The summed E-state index contributed by atoms with van der Waals surface area (Å²) in [5, 5.41) is 9.87. The number of amides is 1. The highest BCUT2D eigenvalue weighted by Crippen LogP contribution is 2.41. The molecule has 3 aliphatic heterocycles. The van der Waals surface area contributed by atoms with Crippen molar-refractivity contribution in [3.05, 3.63) is 19.9 Å². The van der Waals surface area contributed by atoms with E-state index in [4.69, 9.17) is 4.74 Å². The van der Waals surface area contributed by atoms with E-state index in [1.54, 1.807) is 0 Å². The number of hydrogen-bond donors (Lipinski definition) is 1. The van der Waals surface area contributed by atoms with Gasteiger partial charge >= 0.3 is 12.1 Å². The van der Waals surface area contributed by atoms with Gasteiger partial charge in [0.1, 0.15) is 24.1 Å². The Kier molecular flexibility index (Phi) is 6.51. The normalized spacial score (nSPS) is 26.9. The molecule has 3 fully saturated rings. The number of fused-ring (bicyclic) bond motifs is 2. The van der Waals surface area contributed by atoms with Crippen LogP contribution in [0.3, 0.4) is 0 Å². The van der Waals surface area contributed by atoms with Crippen molar-refractivity contribution in [3.8, 4) is 6.01 Å². The first-order valence-electron chi connectivity index (χ1n) is 11.3. The van der Waals surface area contributed by atoms with Crippen LogP contribution in [-0.4, -0.2) is 88.6 Å². The molecule has 3 atom stereocenters. The van der Waals surface area contributed by atoms with Crippen molar-refractivity contribution in [1.82, 2.24) is 19.8 Å². The molecule has 4 heterocycles. The Morgan fingerprint density at radius 2 is 2.21 bits per heavy atom. The molecule has 0 bridgehead atoms. The van der Waals surface area contributed by atoms with E-state index < -0.39 is 18.1 Å². The molecule has 3 saturated heterocycles. The molecule has 2 aromatic rings. The number of alkyl halides is 1. The quantitative estimate of drug-likeness (QED) is 0.382. The molecule has 1 aromatic carbocycles. The van der Waals surface area contributed by atoms with Crippen LogP contribution in [0.5, 0.6) is 6.01 Å². The second-order valence-electron chi connectivity index (χ2n) is 9.36. The maximum absolute atomic E-state index is 15.3. The number of rotatable bonds is 5. The van der Waals surface area contributed by atoms with Gasteiger partial charge in [0.05, 0.1) is 10.0 Å². The first-order valence-corrected chi connectivity index (χ1v) is 13.1. The topological polar surface area (TPSA) is 82.0 Å². The largest absolute Gasteiger partial charge is 0.465 e. The van der Waals surface area contributed by atoms with E-state index in [-0.39, 0.29) is 29.7 Å². The maximum atomic E-state index is 15.3. The molecule has 1 amide bonds. The molecule has 34 heavy (non-hydrogen) atoms. The van der Waals surface area contributed by atoms with E-state index in [0.717, 1.165) is 19.4 Å². The van der Waals surface area contributed by atoms with Gasteiger partial charge in [-0.1, -0.05) is 0 Å². The molecule has 0 saturated carbocycles. The third-order valence-electron chi connectivity index (χ3n) is 7.33. The standard InChI is InChI=1S/C22H25BrF2IN5O3/c1-29(13-3-6-30(10-13)21(32)33)19-14-7-15(26)16(23)17(25)18(14)27-20(28-19)34-11-22-4-2-5-31(22)9-12(24)8-22/h7,12-13H,2-6,8-11H2,1H3,(H,32,33)/t12-,13+,22+/m1/s1. The van der Waals surface area contributed by atoms with Crippen LogP contribution >= 0.6 is 38.5 Å². The lowest BCUT2D eigenvalue weighted by atomic mass is 9.95. The van der Waals surface area contributed by atoms with Crippen LogP contribution in [0.2, 0.25) is 0 Å². The number of hydrogen-bond acceptors (Lipinski definition) is 6. The molecule has 1 aromatic heterocycles. The molecule has 12 heteroatoms. The lowest BCUT2D eigenvalue weighted by Crippen LogP contribution is -2.43. The minimum absolute atomic E-state index is 0.0398. The van der Waals surface area contributed by atoms with Gasteiger partial charge in [0.2, 0.25) is 0 Å². The summed E-state index contributed by atoms with van der Waals surface area (Å²) in [6.45, 7) is 2.26. The molecule has 3 aliphatic rings. The van der Waals surface area contributed by atoms with Gasteiger partial charge in [-0.05, 0) is 70.4 Å². The van der Waals surface area contributed by atoms with E-state index in [9.17, 15) is 14.3 Å². The highest BCUT2D eigenvalue weighted by Gasteiger charge is 2.49. The number of likely N-dealkylation sites (tertiary alicyclic amines) is 1. The SMILES string of the molecule is CN(c1nc(OC[C@@]23CCCN2C[C@H](F)C3)nc2c(F)c(Br)c(I)cc12)[C@H]1CCN(C(=O)O)C1. The monoisotopic (exact) mass is 651 g/mol. The molecule has 5 rings (SSSR count). The molecular formula is C22H25BrF2IN5O3. The number of anilines is 1. The van der Waals surface area contributed by atoms with E-state index >= 15 is 4.39 Å². The first kappa shape index (κ1) is 24.2. The number of nitrogens with zero attached hydrogens (tertiary/aromatic N) is 5. The predicted octanol–water partition coefficient (Wildman–Crippen LogP) is 4.28. The van der Waals surface area contributed by atoms with Gasteiger partial charge in [-0.25, -0.2) is 13.6 Å². The van der Waals surface area contributed by atoms with Crippen LogP contribution in [0.25, 0.3) is 10.9 Å². The fraction of sp³-hybridized carbons (Fsp3) is 0.591. The Bertz CT molecular complexity index is 1140. The zero-order chi connectivity index (χ0) is 24.2. The van der Waals surface area contributed by atoms with Crippen molar-refractivity contribution in [1.29, 1.82) is 0 Å². The summed E-state index contributed by atoms with van der Waals surface area (Å²) in [4.78, 5) is 25.8. The molecule has 0 spiro atoms. The zero-order valence-electron chi connectivity index (χ0n) is 18.6. The Balaban J connectivity index is 1.50. The van der Waals surface area contributed by atoms with Crippen LogP contribution in [0.4, 0.5) is 19.4 Å². The summed E-state index contributed by atoms with van der Waals surface area (Å²) in [7, 11) is 1.83. The highest BCUT2D eigenvalue weighted by molar-refractivity contribution is 14.1. The van der Waals surface area contributed by atoms with Gasteiger partial charge < -0.3 is 19.6 Å². The summed E-state index contributed by atoms with van der Waals surface area (Å²) in [5.41, 5.74) is -0.245. The Hall–Kier alpha value is -1.54. The second kappa shape index (κ2) is 9.16. The number of benzene rings is 1. The maximum Gasteiger partial charge on any atom is 0.407 e. The minimum Gasteiger partial charge on any atom is -0.465 e. The Morgan fingerprint density at radius 1 is 1.41 bits per heavy atom. The van der Waals surface area contributed by atoms with Gasteiger partial charge in [0.15, 0.2) is 5.82 Å². The number of likely N-dealkylation sites (N-methyl/N-ethyl adjacent to an activating group) is 1. The van der Waals surface area contributed by atoms with Crippen molar-refractivity contribution in [3.63, 3.8) is 0 Å². The van der Waals surface area contributed by atoms with Crippen molar-refractivity contribution in [2.24, 2.45) is 0 Å². The molecule has 184 valence electrons. The molecule has 0 unspecified atom stereocenters. The average Bonchev–Trinajstić information content (AvgIpc) is 3.50. The molecule has 1 N–H and O–H groups in total. The molecule has 0 aliphatic carbocycles. The lowest BCUT2D eigenvalue weighted by molar-refractivity contribution is 0.107. The Labute approximate surface area is 217 Å². The fourth-order valence-electron chi connectivity index (χ4n) is 5.52. The lowest BCUT2D eigenvalue weighted by Gasteiger charge is -2.31. The third kappa shape index (κ3) is 4.19. The van der Waals surface area contributed by atoms with Crippen molar-refractivity contribution >= 4 is 61.3 Å². The van der Waals surface area contributed by atoms with Gasteiger partial charge in [-0.15, -0.1) is 0 Å². The van der Waals surface area contributed by atoms with Crippen LogP contribution in [0, 0.1) is 9.39 Å². The summed E-state index contributed by atoms with van der Waals surface area (Å²) in [6.07, 6.45) is 1.05. The van der Waals surface area contributed by atoms with Crippen molar-refractivity contribution in [2.45, 2.75) is 43.4 Å². The zero-order valence-corrected chi connectivity index (χ0v) is 22.4. The fourth-order valence-corrected chi connectivity index (χ4v) is 6.37. The summed E-state index contributed by atoms with van der Waals surface area (Å²) in [5.74, 6) is -0.0233. The summed E-state index contributed by atoms with van der Waals surface area (Å²) >= 11 is 5.34. The van der Waals surface area contributed by atoms with Crippen LogP contribution in [-0.2, 0) is 0 Å². The smallest absolute Gasteiger partial charge is 0.407 e. The summed E-state index contributed by atoms with van der Waals surface area (Å²) < 4.78 is 36.5. The highest BCUT2D eigenvalue weighted by atomic mass is 127. The van der Waals surface area contributed by atoms with Crippen LogP contribution in [0.1, 0.15) is 25.7 Å². The van der Waals surface area contributed by atoms with E-state index in [1.807, 2.05) is 40.6 Å². The third-order valence-corrected chi connectivity index (χ3v) is 9.70. The number of carboxylic acid groups (broad SMARTS) is 1. The number of ether oxygens (including phenoxy) is 1. The van der Waals surface area contributed by atoms with Crippen molar-refractivity contribution < 1.29 is 23.4 Å². The van der Waals surface area contributed by atoms with Crippen LogP contribution < -0.4 is 9.64 Å². The second-order valence-corrected chi connectivity index (χ2v) is 11.3. The summed E-state index contributed by atoms with van der Waals surface area (Å²) in [6, 6.07) is 1.74. The number of aromatic nitrogens is 2. The van der Waals surface area contributed by atoms with Gasteiger partial charge in [-0.2, -0.15) is 9.97 Å². The first-order chi connectivity index (χ1) is 16.2.